The Labute approximate surface area is 164 Å². The number of ether oxygens (including phenoxy) is 2. The molecule has 0 aliphatic carbocycles. The zero-order valence-corrected chi connectivity index (χ0v) is 16.2. The van der Waals surface area contributed by atoms with Crippen LogP contribution in [-0.4, -0.2) is 39.1 Å². The zero-order valence-electron chi connectivity index (χ0n) is 16.2. The van der Waals surface area contributed by atoms with E-state index in [0.29, 0.717) is 17.8 Å². The van der Waals surface area contributed by atoms with Gasteiger partial charge in [0.2, 0.25) is 5.91 Å². The monoisotopic (exact) mass is 384 g/mol. The fourth-order valence-electron chi connectivity index (χ4n) is 3.74. The predicted molar refractivity (Wildman–Crippen MR) is 106 cm³/mol. The SMILES string of the molecule is COc1ccc(OC)c([C@H]2CCC[NH+]2CC(=O)Nc2ccc(C(N)=O)cc2)c1. The summed E-state index contributed by atoms with van der Waals surface area (Å²) in [5, 5.41) is 2.89. The van der Waals surface area contributed by atoms with E-state index in [9.17, 15) is 9.59 Å². The van der Waals surface area contributed by atoms with Crippen molar-refractivity contribution >= 4 is 17.5 Å². The molecule has 7 nitrogen and oxygen atoms in total. The quantitative estimate of drug-likeness (QED) is 0.668. The van der Waals surface area contributed by atoms with E-state index < -0.39 is 5.91 Å². The molecule has 0 aromatic heterocycles. The Morgan fingerprint density at radius 1 is 1.14 bits per heavy atom. The number of carbonyl (C=O) groups excluding carboxylic acids is 2. The summed E-state index contributed by atoms with van der Waals surface area (Å²) < 4.78 is 10.9. The number of quaternary nitrogens is 1. The van der Waals surface area contributed by atoms with Gasteiger partial charge in [-0.25, -0.2) is 0 Å². The van der Waals surface area contributed by atoms with Crippen LogP contribution < -0.4 is 25.4 Å². The number of carbonyl (C=O) groups is 2. The number of benzene rings is 2. The molecule has 1 saturated heterocycles. The van der Waals surface area contributed by atoms with Gasteiger partial charge in [-0.2, -0.15) is 0 Å². The maximum atomic E-state index is 12.6. The minimum atomic E-state index is -0.491. The summed E-state index contributed by atoms with van der Waals surface area (Å²) in [5.74, 6) is 1.03. The van der Waals surface area contributed by atoms with E-state index in [1.807, 2.05) is 18.2 Å². The van der Waals surface area contributed by atoms with Gasteiger partial charge in [0.15, 0.2) is 6.54 Å². The number of amides is 2. The zero-order chi connectivity index (χ0) is 20.1. The standard InChI is InChI=1S/C21H25N3O4/c1-27-16-9-10-19(28-2)17(12-16)18-4-3-11-24(18)13-20(25)23-15-7-5-14(6-8-15)21(22)26/h5-10,12,18H,3-4,11,13H2,1-2H3,(H2,22,26)(H,23,25)/p+1/t18-/m1/s1. The number of likely N-dealkylation sites (tertiary alicyclic amines) is 1. The van der Waals surface area contributed by atoms with E-state index >= 15 is 0 Å². The van der Waals surface area contributed by atoms with Gasteiger partial charge >= 0.3 is 0 Å². The van der Waals surface area contributed by atoms with Crippen molar-refractivity contribution in [3.8, 4) is 11.5 Å². The average Bonchev–Trinajstić information content (AvgIpc) is 3.15. The van der Waals surface area contributed by atoms with Crippen molar-refractivity contribution in [3.05, 3.63) is 53.6 Å². The van der Waals surface area contributed by atoms with E-state index in [4.69, 9.17) is 15.2 Å². The van der Waals surface area contributed by atoms with E-state index in [-0.39, 0.29) is 11.9 Å². The third kappa shape index (κ3) is 4.43. The van der Waals surface area contributed by atoms with Crippen molar-refractivity contribution in [2.45, 2.75) is 18.9 Å². The van der Waals surface area contributed by atoms with Crippen LogP contribution in [0.5, 0.6) is 11.5 Å². The lowest BCUT2D eigenvalue weighted by Crippen LogP contribution is -3.11. The molecule has 1 aliphatic rings. The van der Waals surface area contributed by atoms with Crippen LogP contribution in [0.25, 0.3) is 0 Å². The molecule has 2 aromatic carbocycles. The van der Waals surface area contributed by atoms with Crippen molar-refractivity contribution in [2.75, 3.05) is 32.6 Å². The number of nitrogens with one attached hydrogen (secondary N) is 2. The topological polar surface area (TPSA) is 95.1 Å². The molecule has 2 atom stereocenters. The van der Waals surface area contributed by atoms with E-state index in [2.05, 4.69) is 5.32 Å². The first kappa shape index (κ1) is 19.7. The van der Waals surface area contributed by atoms with E-state index in [1.54, 1.807) is 38.5 Å². The first-order chi connectivity index (χ1) is 13.5. The summed E-state index contributed by atoms with van der Waals surface area (Å²) in [6.45, 7) is 1.27. The molecule has 0 bridgehead atoms. The van der Waals surface area contributed by atoms with Gasteiger partial charge in [-0.15, -0.1) is 0 Å². The normalized spacial score (nSPS) is 18.5. The van der Waals surface area contributed by atoms with Crippen molar-refractivity contribution < 1.29 is 24.0 Å². The van der Waals surface area contributed by atoms with Crippen molar-refractivity contribution in [1.82, 2.24) is 0 Å². The molecule has 2 amide bonds. The summed E-state index contributed by atoms with van der Waals surface area (Å²) in [6.07, 6.45) is 2.03. The van der Waals surface area contributed by atoms with Crippen LogP contribution in [0.1, 0.15) is 34.8 Å². The maximum Gasteiger partial charge on any atom is 0.279 e. The van der Waals surface area contributed by atoms with Crippen LogP contribution in [0.4, 0.5) is 5.69 Å². The molecular weight excluding hydrogens is 358 g/mol. The fraction of sp³-hybridized carbons (Fsp3) is 0.333. The Hall–Kier alpha value is -3.06. The third-order valence-electron chi connectivity index (χ3n) is 5.14. The highest BCUT2D eigenvalue weighted by Crippen LogP contribution is 2.31. The van der Waals surface area contributed by atoms with Crippen molar-refractivity contribution in [2.24, 2.45) is 5.73 Å². The van der Waals surface area contributed by atoms with Crippen LogP contribution in [0.15, 0.2) is 42.5 Å². The Bertz CT molecular complexity index is 851. The molecule has 1 aliphatic heterocycles. The lowest BCUT2D eigenvalue weighted by atomic mass is 10.0. The Balaban J connectivity index is 1.69. The molecule has 148 valence electrons. The van der Waals surface area contributed by atoms with Crippen LogP contribution in [0.2, 0.25) is 0 Å². The molecular formula is C21H26N3O4+. The highest BCUT2D eigenvalue weighted by molar-refractivity contribution is 5.95. The van der Waals surface area contributed by atoms with Crippen molar-refractivity contribution in [3.63, 3.8) is 0 Å². The Morgan fingerprint density at radius 2 is 1.89 bits per heavy atom. The molecule has 1 unspecified atom stereocenters. The van der Waals surface area contributed by atoms with Crippen molar-refractivity contribution in [1.29, 1.82) is 0 Å². The van der Waals surface area contributed by atoms with Gasteiger partial charge in [0, 0.05) is 24.1 Å². The highest BCUT2D eigenvalue weighted by Gasteiger charge is 2.34. The van der Waals surface area contributed by atoms with Gasteiger partial charge in [0.1, 0.15) is 17.5 Å². The lowest BCUT2D eigenvalue weighted by molar-refractivity contribution is -0.910. The van der Waals surface area contributed by atoms with Crippen LogP contribution >= 0.6 is 0 Å². The predicted octanol–water partition coefficient (Wildman–Crippen LogP) is 1.16. The molecule has 3 rings (SSSR count). The van der Waals surface area contributed by atoms with Crippen LogP contribution in [0.3, 0.4) is 0 Å². The first-order valence-corrected chi connectivity index (χ1v) is 9.28. The number of rotatable bonds is 7. The summed E-state index contributed by atoms with van der Waals surface area (Å²) in [7, 11) is 3.30. The molecule has 0 radical (unpaired) electrons. The molecule has 28 heavy (non-hydrogen) atoms. The summed E-state index contributed by atoms with van der Waals surface area (Å²) in [4.78, 5) is 24.9. The highest BCUT2D eigenvalue weighted by atomic mass is 16.5. The molecule has 1 heterocycles. The van der Waals surface area contributed by atoms with Gasteiger partial charge in [-0.3, -0.25) is 9.59 Å². The Kier molecular flexibility index (Phi) is 6.16. The van der Waals surface area contributed by atoms with Gasteiger partial charge in [-0.05, 0) is 42.5 Å². The first-order valence-electron chi connectivity index (χ1n) is 9.28. The smallest absolute Gasteiger partial charge is 0.279 e. The summed E-state index contributed by atoms with van der Waals surface area (Å²) >= 11 is 0. The second-order valence-electron chi connectivity index (χ2n) is 6.88. The number of nitrogens with two attached hydrogens (primary N) is 1. The molecule has 2 aromatic rings. The minimum absolute atomic E-state index is 0.0735. The van der Waals surface area contributed by atoms with Gasteiger partial charge < -0.3 is 25.4 Å². The fourth-order valence-corrected chi connectivity index (χ4v) is 3.74. The minimum Gasteiger partial charge on any atom is -0.497 e. The van der Waals surface area contributed by atoms with Crippen LogP contribution in [0, 0.1) is 0 Å². The number of hydrogen-bond acceptors (Lipinski definition) is 4. The molecule has 1 fully saturated rings. The van der Waals surface area contributed by atoms with E-state index in [1.165, 1.54) is 4.90 Å². The number of hydrogen-bond donors (Lipinski definition) is 3. The molecule has 0 spiro atoms. The lowest BCUT2D eigenvalue weighted by Gasteiger charge is -2.23. The number of methoxy groups -OCH3 is 2. The summed E-state index contributed by atoms with van der Waals surface area (Å²) in [5.41, 5.74) is 7.36. The van der Waals surface area contributed by atoms with Gasteiger partial charge in [0.05, 0.1) is 26.3 Å². The second kappa shape index (κ2) is 8.75. The molecule has 7 heteroatoms. The average molecular weight is 384 g/mol. The van der Waals surface area contributed by atoms with Crippen LogP contribution in [-0.2, 0) is 4.79 Å². The number of primary amides is 1. The summed E-state index contributed by atoms with van der Waals surface area (Å²) in [6, 6.07) is 12.5. The maximum absolute atomic E-state index is 12.6. The van der Waals surface area contributed by atoms with E-state index in [0.717, 1.165) is 36.4 Å². The molecule has 4 N–H and O–H groups in total. The number of anilines is 1. The van der Waals surface area contributed by atoms with Gasteiger partial charge in [0.25, 0.3) is 5.91 Å². The Morgan fingerprint density at radius 3 is 2.54 bits per heavy atom. The second-order valence-corrected chi connectivity index (χ2v) is 6.88. The molecule has 0 saturated carbocycles. The van der Waals surface area contributed by atoms with Gasteiger partial charge in [-0.1, -0.05) is 0 Å². The largest absolute Gasteiger partial charge is 0.497 e. The third-order valence-corrected chi connectivity index (χ3v) is 5.14.